The quantitative estimate of drug-likeness (QED) is 0.258. The summed E-state index contributed by atoms with van der Waals surface area (Å²) in [6.07, 6.45) is -0.338. The van der Waals surface area contributed by atoms with Crippen molar-refractivity contribution < 1.29 is 33.4 Å². The number of anilines is 1. The van der Waals surface area contributed by atoms with Gasteiger partial charge in [0.1, 0.15) is 0 Å². The number of rotatable bonds is 11. The third-order valence-electron chi connectivity index (χ3n) is 5.20. The molecule has 1 N–H and O–H groups in total. The summed E-state index contributed by atoms with van der Waals surface area (Å²) in [5.41, 5.74) is 2.52. The lowest BCUT2D eigenvalue weighted by Gasteiger charge is -2.08. The first kappa shape index (κ1) is 27.5. The molecule has 3 rings (SSSR count). The summed E-state index contributed by atoms with van der Waals surface area (Å²) in [6, 6.07) is 19.5. The Morgan fingerprint density at radius 1 is 0.676 bits per heavy atom. The monoisotopic (exact) mass is 565 g/mol. The fourth-order valence-corrected chi connectivity index (χ4v) is 3.37. The summed E-state index contributed by atoms with van der Waals surface area (Å²) in [5.74, 6) is -2.43. The number of halogens is 1. The standard InChI is InChI=1S/C28H24BrNO7/c1-18-2-4-19(5-3-18)25(32)17-37-28(35)21-8-12-23(13-9-21)30-26(33)14-15-27(34)36-16-24(31)20-6-10-22(29)11-7-20/h2-13H,14-17H2,1H3,(H,30,33). The average Bonchev–Trinajstić information content (AvgIpc) is 2.90. The van der Waals surface area contributed by atoms with Crippen molar-refractivity contribution in [1.82, 2.24) is 0 Å². The molecular formula is C28H24BrNO7. The van der Waals surface area contributed by atoms with Gasteiger partial charge in [0.15, 0.2) is 24.8 Å². The van der Waals surface area contributed by atoms with Crippen LogP contribution in [0.15, 0.2) is 77.3 Å². The number of hydrogen-bond donors (Lipinski definition) is 1. The Morgan fingerprint density at radius 2 is 1.19 bits per heavy atom. The molecule has 0 heterocycles. The third-order valence-corrected chi connectivity index (χ3v) is 5.73. The van der Waals surface area contributed by atoms with E-state index in [1.807, 2.05) is 6.92 Å². The molecule has 0 saturated carbocycles. The smallest absolute Gasteiger partial charge is 0.338 e. The van der Waals surface area contributed by atoms with Crippen LogP contribution in [0, 0.1) is 6.92 Å². The van der Waals surface area contributed by atoms with E-state index in [4.69, 9.17) is 9.47 Å². The van der Waals surface area contributed by atoms with Gasteiger partial charge in [0, 0.05) is 27.7 Å². The normalized spacial score (nSPS) is 10.3. The zero-order valence-corrected chi connectivity index (χ0v) is 21.6. The molecule has 0 atom stereocenters. The van der Waals surface area contributed by atoms with E-state index in [-0.39, 0.29) is 36.6 Å². The van der Waals surface area contributed by atoms with Crippen molar-refractivity contribution >= 4 is 51.0 Å². The van der Waals surface area contributed by atoms with Crippen LogP contribution < -0.4 is 5.32 Å². The fraction of sp³-hybridized carbons (Fsp3) is 0.179. The number of esters is 2. The Hall–Kier alpha value is -4.11. The first-order valence-corrected chi connectivity index (χ1v) is 12.1. The van der Waals surface area contributed by atoms with Crippen LogP contribution >= 0.6 is 15.9 Å². The predicted molar refractivity (Wildman–Crippen MR) is 140 cm³/mol. The number of ketones is 2. The molecule has 0 aliphatic heterocycles. The molecule has 3 aromatic rings. The maximum atomic E-state index is 12.2. The van der Waals surface area contributed by atoms with Gasteiger partial charge in [-0.2, -0.15) is 0 Å². The summed E-state index contributed by atoms with van der Waals surface area (Å²) >= 11 is 3.28. The van der Waals surface area contributed by atoms with Gasteiger partial charge >= 0.3 is 11.9 Å². The highest BCUT2D eigenvalue weighted by Crippen LogP contribution is 2.13. The molecule has 0 radical (unpaired) electrons. The molecule has 8 nitrogen and oxygen atoms in total. The summed E-state index contributed by atoms with van der Waals surface area (Å²) in [5, 5.41) is 2.61. The number of carbonyl (C=O) groups excluding carboxylic acids is 5. The van der Waals surface area contributed by atoms with Crippen LogP contribution in [0.25, 0.3) is 0 Å². The number of amides is 1. The number of ether oxygens (including phenoxy) is 2. The van der Waals surface area contributed by atoms with Crippen LogP contribution in [0.1, 0.15) is 49.5 Å². The highest BCUT2D eigenvalue weighted by molar-refractivity contribution is 9.10. The van der Waals surface area contributed by atoms with Gasteiger partial charge in [-0.1, -0.05) is 57.9 Å². The largest absolute Gasteiger partial charge is 0.457 e. The molecule has 9 heteroatoms. The Kier molecular flexibility index (Phi) is 9.85. The SMILES string of the molecule is Cc1ccc(C(=O)COC(=O)c2ccc(NC(=O)CCC(=O)OCC(=O)c3ccc(Br)cc3)cc2)cc1. The molecule has 0 aliphatic carbocycles. The van der Waals surface area contributed by atoms with Crippen molar-refractivity contribution in [3.05, 3.63) is 99.5 Å². The van der Waals surface area contributed by atoms with Crippen LogP contribution in [0.4, 0.5) is 5.69 Å². The van der Waals surface area contributed by atoms with Crippen molar-refractivity contribution in [3.8, 4) is 0 Å². The molecule has 0 aromatic heterocycles. The Bertz CT molecular complexity index is 1280. The van der Waals surface area contributed by atoms with Gasteiger partial charge in [-0.15, -0.1) is 0 Å². The van der Waals surface area contributed by atoms with Crippen LogP contribution in [-0.2, 0) is 19.1 Å². The topological polar surface area (TPSA) is 116 Å². The minimum absolute atomic E-state index is 0.143. The van der Waals surface area contributed by atoms with Crippen molar-refractivity contribution in [2.75, 3.05) is 18.5 Å². The summed E-state index contributed by atoms with van der Waals surface area (Å²) < 4.78 is 10.9. The van der Waals surface area contributed by atoms with Crippen LogP contribution in [0.2, 0.25) is 0 Å². The molecule has 190 valence electrons. The molecule has 3 aromatic carbocycles. The van der Waals surface area contributed by atoms with Gasteiger partial charge in [-0.25, -0.2) is 4.79 Å². The number of hydrogen-bond acceptors (Lipinski definition) is 7. The lowest BCUT2D eigenvalue weighted by molar-refractivity contribution is -0.143. The van der Waals surface area contributed by atoms with E-state index in [0.29, 0.717) is 16.8 Å². The lowest BCUT2D eigenvalue weighted by Crippen LogP contribution is -2.17. The van der Waals surface area contributed by atoms with Gasteiger partial charge in [-0.05, 0) is 43.3 Å². The number of carbonyl (C=O) groups is 5. The van der Waals surface area contributed by atoms with Crippen LogP contribution in [-0.4, -0.2) is 42.6 Å². The van der Waals surface area contributed by atoms with Gasteiger partial charge in [0.25, 0.3) is 0 Å². The van der Waals surface area contributed by atoms with E-state index in [1.54, 1.807) is 48.5 Å². The number of aryl methyl sites for hydroxylation is 1. The van der Waals surface area contributed by atoms with Gasteiger partial charge in [-0.3, -0.25) is 19.2 Å². The highest BCUT2D eigenvalue weighted by atomic mass is 79.9. The van der Waals surface area contributed by atoms with E-state index in [1.165, 1.54) is 24.3 Å². The van der Waals surface area contributed by atoms with Crippen molar-refractivity contribution in [2.24, 2.45) is 0 Å². The lowest BCUT2D eigenvalue weighted by atomic mass is 10.1. The Morgan fingerprint density at radius 3 is 1.78 bits per heavy atom. The molecule has 0 unspecified atom stereocenters. The predicted octanol–water partition coefficient (Wildman–Crippen LogP) is 4.94. The van der Waals surface area contributed by atoms with E-state index < -0.39 is 24.5 Å². The van der Waals surface area contributed by atoms with Crippen molar-refractivity contribution in [1.29, 1.82) is 0 Å². The molecule has 1 amide bonds. The summed E-state index contributed by atoms with van der Waals surface area (Å²) in [6.45, 7) is 1.12. The zero-order valence-electron chi connectivity index (χ0n) is 20.0. The fourth-order valence-electron chi connectivity index (χ4n) is 3.10. The van der Waals surface area contributed by atoms with E-state index >= 15 is 0 Å². The summed E-state index contributed by atoms with van der Waals surface area (Å²) in [7, 11) is 0. The molecule has 0 saturated heterocycles. The number of benzene rings is 3. The first-order valence-electron chi connectivity index (χ1n) is 11.3. The molecule has 0 bridgehead atoms. The maximum Gasteiger partial charge on any atom is 0.338 e. The minimum atomic E-state index is -0.668. The van der Waals surface area contributed by atoms with E-state index in [2.05, 4.69) is 21.2 Å². The van der Waals surface area contributed by atoms with Crippen LogP contribution in [0.3, 0.4) is 0 Å². The van der Waals surface area contributed by atoms with Crippen LogP contribution in [0.5, 0.6) is 0 Å². The Balaban J connectivity index is 1.38. The van der Waals surface area contributed by atoms with Gasteiger partial charge < -0.3 is 14.8 Å². The van der Waals surface area contributed by atoms with E-state index in [0.717, 1.165) is 10.0 Å². The second kappa shape index (κ2) is 13.3. The number of nitrogens with one attached hydrogen (secondary N) is 1. The molecule has 37 heavy (non-hydrogen) atoms. The molecule has 0 spiro atoms. The molecule has 0 fully saturated rings. The Labute approximate surface area is 222 Å². The second-order valence-corrected chi connectivity index (χ2v) is 9.00. The van der Waals surface area contributed by atoms with Crippen molar-refractivity contribution in [3.63, 3.8) is 0 Å². The van der Waals surface area contributed by atoms with Crippen molar-refractivity contribution in [2.45, 2.75) is 19.8 Å². The molecule has 0 aliphatic rings. The van der Waals surface area contributed by atoms with Gasteiger partial charge in [0.2, 0.25) is 5.91 Å². The zero-order chi connectivity index (χ0) is 26.8. The average molecular weight is 566 g/mol. The number of Topliss-reactive ketones (excluding diaryl/α,β-unsaturated/α-hetero) is 2. The third kappa shape index (κ3) is 8.80. The van der Waals surface area contributed by atoms with Gasteiger partial charge in [0.05, 0.1) is 12.0 Å². The molecular weight excluding hydrogens is 542 g/mol. The first-order chi connectivity index (χ1) is 17.7. The van der Waals surface area contributed by atoms with E-state index in [9.17, 15) is 24.0 Å². The maximum absolute atomic E-state index is 12.2. The summed E-state index contributed by atoms with van der Waals surface area (Å²) in [4.78, 5) is 60.4. The highest BCUT2D eigenvalue weighted by Gasteiger charge is 2.14. The second-order valence-electron chi connectivity index (χ2n) is 8.08. The minimum Gasteiger partial charge on any atom is -0.457 e.